The fourth-order valence-corrected chi connectivity index (χ4v) is 2.35. The van der Waals surface area contributed by atoms with Gasteiger partial charge in [-0.25, -0.2) is 0 Å². The summed E-state index contributed by atoms with van der Waals surface area (Å²) in [6.07, 6.45) is 5.05. The van der Waals surface area contributed by atoms with Crippen LogP contribution in [0, 0.1) is 5.92 Å². The van der Waals surface area contributed by atoms with Gasteiger partial charge in [0.25, 0.3) is 11.5 Å². The molecule has 0 saturated carbocycles. The van der Waals surface area contributed by atoms with Gasteiger partial charge >= 0.3 is 0 Å². The third-order valence-corrected chi connectivity index (χ3v) is 3.60. The van der Waals surface area contributed by atoms with Gasteiger partial charge in [0.15, 0.2) is 0 Å². The van der Waals surface area contributed by atoms with E-state index in [0.717, 1.165) is 19.5 Å². The van der Waals surface area contributed by atoms with Crippen molar-refractivity contribution in [3.63, 3.8) is 0 Å². The number of carbonyl (C=O) groups is 1. The van der Waals surface area contributed by atoms with Crippen LogP contribution in [0.25, 0.3) is 0 Å². The Balaban J connectivity index is 1.80. The number of nitrogens with zero attached hydrogens (tertiary/aromatic N) is 1. The molecule has 5 heteroatoms. The fraction of sp³-hybridized carbons (Fsp3) is 0.571. The molecule has 2 rings (SSSR count). The summed E-state index contributed by atoms with van der Waals surface area (Å²) < 4.78 is 1.45. The maximum atomic E-state index is 11.9. The third kappa shape index (κ3) is 3.92. The summed E-state index contributed by atoms with van der Waals surface area (Å²) >= 11 is 0. The van der Waals surface area contributed by atoms with Crippen molar-refractivity contribution in [1.82, 2.24) is 15.2 Å². The smallest absolute Gasteiger partial charge is 0.251 e. The molecule has 1 aliphatic rings. The second kappa shape index (κ2) is 6.52. The van der Waals surface area contributed by atoms with E-state index < -0.39 is 0 Å². The molecular formula is C14H21N3O2. The minimum absolute atomic E-state index is 0.163. The quantitative estimate of drug-likeness (QED) is 0.832. The zero-order valence-corrected chi connectivity index (χ0v) is 11.3. The second-order valence-corrected chi connectivity index (χ2v) is 5.12. The molecule has 1 fully saturated rings. The van der Waals surface area contributed by atoms with E-state index in [1.165, 1.54) is 23.5 Å². The van der Waals surface area contributed by atoms with Gasteiger partial charge in [-0.05, 0) is 44.3 Å². The van der Waals surface area contributed by atoms with Crippen molar-refractivity contribution in [1.29, 1.82) is 0 Å². The number of piperidine rings is 1. The molecular weight excluding hydrogens is 242 g/mol. The van der Waals surface area contributed by atoms with Crippen molar-refractivity contribution in [2.45, 2.75) is 19.3 Å². The number of nitrogens with one attached hydrogen (secondary N) is 2. The molecule has 1 saturated heterocycles. The van der Waals surface area contributed by atoms with E-state index in [4.69, 9.17) is 0 Å². The lowest BCUT2D eigenvalue weighted by Crippen LogP contribution is -2.33. The second-order valence-electron chi connectivity index (χ2n) is 5.12. The summed E-state index contributed by atoms with van der Waals surface area (Å²) in [6, 6.07) is 3.04. The third-order valence-electron chi connectivity index (χ3n) is 3.60. The van der Waals surface area contributed by atoms with E-state index in [1.54, 1.807) is 19.3 Å². The van der Waals surface area contributed by atoms with Gasteiger partial charge in [0, 0.05) is 31.4 Å². The summed E-state index contributed by atoms with van der Waals surface area (Å²) in [6.45, 7) is 2.82. The number of rotatable bonds is 4. The largest absolute Gasteiger partial charge is 0.352 e. The molecule has 5 nitrogen and oxygen atoms in total. The molecule has 19 heavy (non-hydrogen) atoms. The van der Waals surface area contributed by atoms with Crippen molar-refractivity contribution < 1.29 is 4.79 Å². The van der Waals surface area contributed by atoms with Gasteiger partial charge in [-0.3, -0.25) is 9.59 Å². The summed E-state index contributed by atoms with van der Waals surface area (Å²) in [5.74, 6) is 0.485. The molecule has 1 aromatic rings. The van der Waals surface area contributed by atoms with Gasteiger partial charge in [-0.1, -0.05) is 0 Å². The highest BCUT2D eigenvalue weighted by Gasteiger charge is 2.13. The Morgan fingerprint density at radius 2 is 2.42 bits per heavy atom. The minimum atomic E-state index is -0.165. The van der Waals surface area contributed by atoms with Crippen LogP contribution in [0.3, 0.4) is 0 Å². The Bertz CT molecular complexity index is 490. The Labute approximate surface area is 113 Å². The SMILES string of the molecule is Cn1ccc(C(=O)NCCC2CCCNC2)cc1=O. The summed E-state index contributed by atoms with van der Waals surface area (Å²) in [5, 5.41) is 6.24. The first-order chi connectivity index (χ1) is 9.16. The molecule has 0 radical (unpaired) electrons. The van der Waals surface area contributed by atoms with Gasteiger partial charge in [0.1, 0.15) is 0 Å². The lowest BCUT2D eigenvalue weighted by Gasteiger charge is -2.22. The van der Waals surface area contributed by atoms with Crippen molar-refractivity contribution >= 4 is 5.91 Å². The van der Waals surface area contributed by atoms with Crippen LogP contribution in [0.5, 0.6) is 0 Å². The Morgan fingerprint density at radius 3 is 3.11 bits per heavy atom. The first-order valence-electron chi connectivity index (χ1n) is 6.82. The number of hydrogen-bond donors (Lipinski definition) is 2. The lowest BCUT2D eigenvalue weighted by atomic mass is 9.96. The number of aryl methyl sites for hydroxylation is 1. The molecule has 0 spiro atoms. The molecule has 1 amide bonds. The van der Waals surface area contributed by atoms with Crippen LogP contribution in [-0.4, -0.2) is 30.1 Å². The normalized spacial score (nSPS) is 19.1. The lowest BCUT2D eigenvalue weighted by molar-refractivity contribution is 0.0950. The van der Waals surface area contributed by atoms with Crippen molar-refractivity contribution in [2.75, 3.05) is 19.6 Å². The molecule has 1 unspecified atom stereocenters. The van der Waals surface area contributed by atoms with Crippen LogP contribution in [0.15, 0.2) is 23.1 Å². The summed E-state index contributed by atoms with van der Waals surface area (Å²) in [7, 11) is 1.67. The van der Waals surface area contributed by atoms with Crippen LogP contribution in [-0.2, 0) is 7.05 Å². The predicted molar refractivity (Wildman–Crippen MR) is 74.2 cm³/mol. The first kappa shape index (κ1) is 13.8. The van der Waals surface area contributed by atoms with E-state index in [1.807, 2.05) is 0 Å². The van der Waals surface area contributed by atoms with Gasteiger partial charge in [0.2, 0.25) is 0 Å². The maximum absolute atomic E-state index is 11.9. The van der Waals surface area contributed by atoms with Gasteiger partial charge in [0.05, 0.1) is 0 Å². The molecule has 1 atom stereocenters. The zero-order valence-electron chi connectivity index (χ0n) is 11.3. The molecule has 1 aromatic heterocycles. The average molecular weight is 263 g/mol. The van der Waals surface area contributed by atoms with Crippen LogP contribution >= 0.6 is 0 Å². The highest BCUT2D eigenvalue weighted by Crippen LogP contribution is 2.12. The maximum Gasteiger partial charge on any atom is 0.251 e. The molecule has 0 aromatic carbocycles. The van der Waals surface area contributed by atoms with Crippen molar-refractivity contribution in [3.05, 3.63) is 34.2 Å². The van der Waals surface area contributed by atoms with Gasteiger partial charge in [-0.15, -0.1) is 0 Å². The standard InChI is InChI=1S/C14H21N3O2/c1-17-8-5-12(9-13(17)18)14(19)16-7-4-11-3-2-6-15-10-11/h5,8-9,11,15H,2-4,6-7,10H2,1H3,(H,16,19). The highest BCUT2D eigenvalue weighted by atomic mass is 16.2. The van der Waals surface area contributed by atoms with Gasteiger partial charge < -0.3 is 15.2 Å². The minimum Gasteiger partial charge on any atom is -0.352 e. The first-order valence-corrected chi connectivity index (χ1v) is 6.82. The van der Waals surface area contributed by atoms with Crippen LogP contribution in [0.2, 0.25) is 0 Å². The number of amides is 1. The van der Waals surface area contributed by atoms with E-state index in [-0.39, 0.29) is 11.5 Å². The molecule has 0 aliphatic carbocycles. The number of hydrogen-bond acceptors (Lipinski definition) is 3. The molecule has 104 valence electrons. The summed E-state index contributed by atoms with van der Waals surface area (Å²) in [4.78, 5) is 23.3. The van der Waals surface area contributed by atoms with E-state index in [0.29, 0.717) is 18.0 Å². The molecule has 2 N–H and O–H groups in total. The van der Waals surface area contributed by atoms with E-state index >= 15 is 0 Å². The van der Waals surface area contributed by atoms with Crippen LogP contribution < -0.4 is 16.2 Å². The van der Waals surface area contributed by atoms with Crippen LogP contribution in [0.1, 0.15) is 29.6 Å². The monoisotopic (exact) mass is 263 g/mol. The average Bonchev–Trinajstić information content (AvgIpc) is 2.43. The number of aromatic nitrogens is 1. The summed E-state index contributed by atoms with van der Waals surface area (Å²) in [5.41, 5.74) is 0.272. The Kier molecular flexibility index (Phi) is 4.74. The van der Waals surface area contributed by atoms with Gasteiger partial charge in [-0.2, -0.15) is 0 Å². The van der Waals surface area contributed by atoms with E-state index in [2.05, 4.69) is 10.6 Å². The van der Waals surface area contributed by atoms with Crippen molar-refractivity contribution in [3.8, 4) is 0 Å². The fourth-order valence-electron chi connectivity index (χ4n) is 2.35. The van der Waals surface area contributed by atoms with E-state index in [9.17, 15) is 9.59 Å². The number of carbonyl (C=O) groups excluding carboxylic acids is 1. The van der Waals surface area contributed by atoms with Crippen LogP contribution in [0.4, 0.5) is 0 Å². The molecule has 2 heterocycles. The number of pyridine rings is 1. The zero-order chi connectivity index (χ0) is 13.7. The molecule has 0 bridgehead atoms. The Hall–Kier alpha value is -1.62. The highest BCUT2D eigenvalue weighted by molar-refractivity contribution is 5.93. The Morgan fingerprint density at radius 1 is 1.58 bits per heavy atom. The topological polar surface area (TPSA) is 63.1 Å². The van der Waals surface area contributed by atoms with Crippen molar-refractivity contribution in [2.24, 2.45) is 13.0 Å². The predicted octanol–water partition coefficient (Wildman–Crippen LogP) is 0.505. The molecule has 1 aliphatic heterocycles.